The summed E-state index contributed by atoms with van der Waals surface area (Å²) in [7, 11) is 0. The van der Waals surface area contributed by atoms with Gasteiger partial charge in [-0.25, -0.2) is 0 Å². The summed E-state index contributed by atoms with van der Waals surface area (Å²) >= 11 is 0. The lowest BCUT2D eigenvalue weighted by atomic mass is 9.83. The minimum Gasteiger partial charge on any atom is -0.372 e. The maximum atomic E-state index is 13.0. The Labute approximate surface area is 160 Å². The van der Waals surface area contributed by atoms with Crippen LogP contribution < -0.4 is 4.90 Å². The molecule has 4 nitrogen and oxygen atoms in total. The highest BCUT2D eigenvalue weighted by atomic mass is 16.5. The zero-order valence-electron chi connectivity index (χ0n) is 15.7. The molecule has 3 heterocycles. The lowest BCUT2D eigenvalue weighted by molar-refractivity contribution is -0.0741. The zero-order valence-corrected chi connectivity index (χ0v) is 15.7. The summed E-state index contributed by atoms with van der Waals surface area (Å²) in [5.74, 6) is 0.143. The normalized spacial score (nSPS) is 20.9. The fourth-order valence-electron chi connectivity index (χ4n) is 4.84. The van der Waals surface area contributed by atoms with E-state index in [1.807, 2.05) is 17.0 Å². The Hall–Kier alpha value is -2.33. The third kappa shape index (κ3) is 2.92. The molecule has 2 saturated heterocycles. The summed E-state index contributed by atoms with van der Waals surface area (Å²) in [6.07, 6.45) is 4.28. The molecular weight excluding hydrogens is 336 g/mol. The van der Waals surface area contributed by atoms with Gasteiger partial charge in [-0.1, -0.05) is 24.3 Å². The summed E-state index contributed by atoms with van der Waals surface area (Å²) in [6.45, 7) is 4.45. The van der Waals surface area contributed by atoms with Crippen molar-refractivity contribution in [3.63, 3.8) is 0 Å². The van der Waals surface area contributed by atoms with Crippen molar-refractivity contribution in [3.8, 4) is 0 Å². The monoisotopic (exact) mass is 362 g/mol. The molecule has 0 N–H and O–H groups in total. The number of amides is 1. The van der Waals surface area contributed by atoms with Crippen LogP contribution >= 0.6 is 0 Å². The maximum Gasteiger partial charge on any atom is 0.253 e. The van der Waals surface area contributed by atoms with Crippen molar-refractivity contribution in [1.82, 2.24) is 4.90 Å². The van der Waals surface area contributed by atoms with E-state index in [0.29, 0.717) is 6.61 Å². The predicted molar refractivity (Wildman–Crippen MR) is 106 cm³/mol. The molecule has 1 amide bonds. The summed E-state index contributed by atoms with van der Waals surface area (Å²) in [6, 6.07) is 16.7. The van der Waals surface area contributed by atoms with Gasteiger partial charge in [0.25, 0.3) is 5.91 Å². The van der Waals surface area contributed by atoms with Crippen LogP contribution in [0.25, 0.3) is 0 Å². The molecule has 3 aliphatic heterocycles. The fourth-order valence-corrected chi connectivity index (χ4v) is 4.84. The SMILES string of the molecule is O=C(c1ccc(N2CCCC2)cc1)N1CCC2(CC1)OCc1ccccc12. The van der Waals surface area contributed by atoms with Crippen LogP contribution in [0.1, 0.15) is 47.2 Å². The Kier molecular flexibility index (Phi) is 4.16. The number of likely N-dealkylation sites (tertiary alicyclic amines) is 1. The number of benzene rings is 2. The molecule has 5 rings (SSSR count). The van der Waals surface area contributed by atoms with Crippen LogP contribution in [0, 0.1) is 0 Å². The van der Waals surface area contributed by atoms with Gasteiger partial charge in [-0.2, -0.15) is 0 Å². The van der Waals surface area contributed by atoms with Crippen molar-refractivity contribution < 1.29 is 9.53 Å². The Morgan fingerprint density at radius 1 is 0.889 bits per heavy atom. The maximum absolute atomic E-state index is 13.0. The van der Waals surface area contributed by atoms with Gasteiger partial charge in [0.15, 0.2) is 0 Å². The average molecular weight is 362 g/mol. The van der Waals surface area contributed by atoms with Crippen molar-refractivity contribution >= 4 is 11.6 Å². The van der Waals surface area contributed by atoms with Crippen LogP contribution in [-0.2, 0) is 16.9 Å². The summed E-state index contributed by atoms with van der Waals surface area (Å²) < 4.78 is 6.21. The van der Waals surface area contributed by atoms with Crippen LogP contribution in [0.4, 0.5) is 5.69 Å². The molecule has 1 spiro atoms. The van der Waals surface area contributed by atoms with Gasteiger partial charge in [0.05, 0.1) is 12.2 Å². The van der Waals surface area contributed by atoms with E-state index in [-0.39, 0.29) is 11.5 Å². The minimum absolute atomic E-state index is 0.143. The predicted octanol–water partition coefficient (Wildman–Crippen LogP) is 3.95. The zero-order chi connectivity index (χ0) is 18.3. The lowest BCUT2D eigenvalue weighted by Gasteiger charge is -2.39. The average Bonchev–Trinajstić information content (AvgIpc) is 3.38. The molecule has 0 unspecified atom stereocenters. The number of carbonyl (C=O) groups is 1. The molecule has 2 aromatic carbocycles. The molecule has 3 aliphatic rings. The number of nitrogens with zero attached hydrogens (tertiary/aromatic N) is 2. The highest BCUT2D eigenvalue weighted by Crippen LogP contribution is 2.44. The van der Waals surface area contributed by atoms with E-state index in [9.17, 15) is 4.79 Å². The summed E-state index contributed by atoms with van der Waals surface area (Å²) in [5, 5.41) is 0. The molecule has 0 atom stereocenters. The van der Waals surface area contributed by atoms with Crippen molar-refractivity contribution in [2.75, 3.05) is 31.1 Å². The standard InChI is InChI=1S/C23H26N2O2/c26-22(18-7-9-20(10-8-18)24-13-3-4-14-24)25-15-11-23(12-16-25)21-6-2-1-5-19(21)17-27-23/h1-2,5-10H,3-4,11-17H2. The third-order valence-corrected chi connectivity index (χ3v) is 6.46. The Bertz CT molecular complexity index is 832. The largest absolute Gasteiger partial charge is 0.372 e. The summed E-state index contributed by atoms with van der Waals surface area (Å²) in [5.41, 5.74) is 4.47. The number of hydrogen-bond donors (Lipinski definition) is 0. The molecule has 27 heavy (non-hydrogen) atoms. The second-order valence-electron chi connectivity index (χ2n) is 7.97. The van der Waals surface area contributed by atoms with Crippen LogP contribution in [0.5, 0.6) is 0 Å². The van der Waals surface area contributed by atoms with Crippen LogP contribution in [0.2, 0.25) is 0 Å². The number of fused-ring (bicyclic) bond motifs is 2. The van der Waals surface area contributed by atoms with Gasteiger partial charge in [0.2, 0.25) is 0 Å². The topological polar surface area (TPSA) is 32.8 Å². The van der Waals surface area contributed by atoms with E-state index < -0.39 is 0 Å². The quantitative estimate of drug-likeness (QED) is 0.811. The second-order valence-corrected chi connectivity index (χ2v) is 7.97. The van der Waals surface area contributed by atoms with Gasteiger partial charge in [-0.3, -0.25) is 4.79 Å². The van der Waals surface area contributed by atoms with Crippen LogP contribution in [0.3, 0.4) is 0 Å². The first kappa shape index (κ1) is 16.8. The van der Waals surface area contributed by atoms with Crippen molar-refractivity contribution in [2.24, 2.45) is 0 Å². The van der Waals surface area contributed by atoms with Gasteiger partial charge < -0.3 is 14.5 Å². The molecule has 2 fully saturated rings. The highest BCUT2D eigenvalue weighted by Gasteiger charge is 2.43. The smallest absolute Gasteiger partial charge is 0.253 e. The fraction of sp³-hybridized carbons (Fsp3) is 0.435. The number of hydrogen-bond acceptors (Lipinski definition) is 3. The van der Waals surface area contributed by atoms with Gasteiger partial charge in [-0.15, -0.1) is 0 Å². The molecule has 0 saturated carbocycles. The Morgan fingerprint density at radius 3 is 2.33 bits per heavy atom. The first-order valence-corrected chi connectivity index (χ1v) is 10.1. The second kappa shape index (κ2) is 6.68. The first-order chi connectivity index (χ1) is 13.3. The van der Waals surface area contributed by atoms with E-state index in [1.165, 1.54) is 29.7 Å². The molecule has 0 aliphatic carbocycles. The molecule has 0 radical (unpaired) electrons. The van der Waals surface area contributed by atoms with Gasteiger partial charge in [0, 0.05) is 37.4 Å². The molecule has 4 heteroatoms. The van der Waals surface area contributed by atoms with Gasteiger partial charge in [-0.05, 0) is 61.1 Å². The van der Waals surface area contributed by atoms with Gasteiger partial charge >= 0.3 is 0 Å². The third-order valence-electron chi connectivity index (χ3n) is 6.46. The minimum atomic E-state index is -0.188. The van der Waals surface area contributed by atoms with Crippen molar-refractivity contribution in [1.29, 1.82) is 0 Å². The highest BCUT2D eigenvalue weighted by molar-refractivity contribution is 5.94. The summed E-state index contributed by atoms with van der Waals surface area (Å²) in [4.78, 5) is 17.3. The lowest BCUT2D eigenvalue weighted by Crippen LogP contribution is -2.45. The Morgan fingerprint density at radius 2 is 1.59 bits per heavy atom. The van der Waals surface area contributed by atoms with Crippen molar-refractivity contribution in [3.05, 3.63) is 65.2 Å². The van der Waals surface area contributed by atoms with Gasteiger partial charge in [0.1, 0.15) is 0 Å². The van der Waals surface area contributed by atoms with E-state index in [2.05, 4.69) is 41.3 Å². The number of carbonyl (C=O) groups excluding carboxylic acids is 1. The molecule has 2 aromatic rings. The first-order valence-electron chi connectivity index (χ1n) is 10.1. The number of anilines is 1. The van der Waals surface area contributed by atoms with E-state index in [1.54, 1.807) is 0 Å². The van der Waals surface area contributed by atoms with E-state index in [4.69, 9.17) is 4.74 Å². The molecule has 0 bridgehead atoms. The van der Waals surface area contributed by atoms with Crippen molar-refractivity contribution in [2.45, 2.75) is 37.9 Å². The van der Waals surface area contributed by atoms with Crippen LogP contribution in [-0.4, -0.2) is 37.0 Å². The Balaban J connectivity index is 1.26. The van der Waals surface area contributed by atoms with Crippen LogP contribution in [0.15, 0.2) is 48.5 Å². The molecular formula is C23H26N2O2. The van der Waals surface area contributed by atoms with E-state index in [0.717, 1.165) is 44.6 Å². The number of piperidine rings is 1. The number of rotatable bonds is 2. The molecule has 140 valence electrons. The molecule has 0 aromatic heterocycles. The number of ether oxygens (including phenoxy) is 1. The van der Waals surface area contributed by atoms with E-state index >= 15 is 0 Å².